The minimum Gasteiger partial charge on any atom is -0.446 e. The third-order valence-electron chi connectivity index (χ3n) is 11.0. The van der Waals surface area contributed by atoms with Crippen molar-refractivity contribution in [1.82, 2.24) is 5.32 Å². The highest BCUT2D eigenvalue weighted by molar-refractivity contribution is 5.67. The smallest absolute Gasteiger partial charge is 0.407 e. The van der Waals surface area contributed by atoms with Crippen LogP contribution in [0.5, 0.6) is 0 Å². The van der Waals surface area contributed by atoms with Crippen LogP contribution in [-0.4, -0.2) is 51.7 Å². The van der Waals surface area contributed by atoms with E-state index in [1.54, 1.807) is 5.57 Å². The lowest BCUT2D eigenvalue weighted by Gasteiger charge is -2.54. The monoisotopic (exact) mass is 546 g/mol. The Morgan fingerprint density at radius 3 is 2.59 bits per heavy atom. The molecule has 0 aliphatic heterocycles. The molecular weight excluding hydrogens is 488 g/mol. The van der Waals surface area contributed by atoms with Crippen molar-refractivity contribution in [3.05, 3.63) is 11.6 Å². The fraction of sp³-hybridized carbons (Fsp3) is 0.909. The zero-order valence-corrected chi connectivity index (χ0v) is 25.4. The molecule has 4 rings (SSSR count). The third-order valence-corrected chi connectivity index (χ3v) is 11.0. The summed E-state index contributed by atoms with van der Waals surface area (Å²) in [6, 6.07) is 0. The number of fused-ring (bicyclic) bond motifs is 5. The van der Waals surface area contributed by atoms with Gasteiger partial charge in [-0.3, -0.25) is 0 Å². The summed E-state index contributed by atoms with van der Waals surface area (Å²) in [7, 11) is 0. The van der Waals surface area contributed by atoms with Gasteiger partial charge in [0.05, 0.1) is 26.4 Å². The van der Waals surface area contributed by atoms with Crippen LogP contribution in [0.2, 0.25) is 0 Å². The van der Waals surface area contributed by atoms with Gasteiger partial charge in [-0.15, -0.1) is 0 Å². The molecule has 6 nitrogen and oxygen atoms in total. The number of carbonyl (C=O) groups excluding carboxylic acids is 1. The summed E-state index contributed by atoms with van der Waals surface area (Å²) in [4.78, 5) is 12.4. The topological polar surface area (TPSA) is 82.8 Å². The Labute approximate surface area is 238 Å². The standard InChI is InChI=1S/C33H58N2O4/c1-23(2)6-5-7-24(3)30-12-13-31-29-10-8-25-22-26(9-11-27(25)28(29)14-15-33(30,31)4)39-32(36)35-17-19-38-21-20-37-18-16-34/h8,23-24,26-31H,5-7,9-22,34H2,1-4H3,(H,35,36). The van der Waals surface area contributed by atoms with E-state index in [9.17, 15) is 4.79 Å². The lowest BCUT2D eigenvalue weighted by molar-refractivity contribution is -0.0304. The van der Waals surface area contributed by atoms with Crippen LogP contribution in [-0.2, 0) is 14.2 Å². The number of rotatable bonds is 14. The fourth-order valence-corrected chi connectivity index (χ4v) is 9.18. The van der Waals surface area contributed by atoms with E-state index in [1.807, 2.05) is 0 Å². The second-order valence-corrected chi connectivity index (χ2v) is 13.8. The molecule has 3 saturated carbocycles. The number of hydrogen-bond acceptors (Lipinski definition) is 5. The van der Waals surface area contributed by atoms with Crippen LogP contribution in [0.25, 0.3) is 0 Å². The van der Waals surface area contributed by atoms with Crippen molar-refractivity contribution in [3.8, 4) is 0 Å². The Kier molecular flexibility index (Phi) is 11.6. The quantitative estimate of drug-likeness (QED) is 0.187. The predicted octanol–water partition coefficient (Wildman–Crippen LogP) is 6.72. The van der Waals surface area contributed by atoms with Crippen molar-refractivity contribution in [2.24, 2.45) is 52.6 Å². The maximum atomic E-state index is 12.4. The van der Waals surface area contributed by atoms with Gasteiger partial charge in [-0.25, -0.2) is 4.79 Å². The van der Waals surface area contributed by atoms with Gasteiger partial charge < -0.3 is 25.3 Å². The molecule has 0 spiro atoms. The number of carbonyl (C=O) groups is 1. The van der Waals surface area contributed by atoms with Gasteiger partial charge in [0.2, 0.25) is 0 Å². The van der Waals surface area contributed by atoms with Crippen LogP contribution in [0.1, 0.15) is 98.3 Å². The number of allylic oxidation sites excluding steroid dienone is 1. The Morgan fingerprint density at radius 2 is 1.82 bits per heavy atom. The largest absolute Gasteiger partial charge is 0.446 e. The molecule has 0 heterocycles. The normalized spacial score (nSPS) is 34.6. The SMILES string of the molecule is CC(C)CCCC(C)C1CCC2C3CC=C4CC(OC(=O)NCCOCCOCCN)CCC4C3CCC12C. The Morgan fingerprint density at radius 1 is 1.03 bits per heavy atom. The Bertz CT molecular complexity index is 801. The predicted molar refractivity (Wildman–Crippen MR) is 157 cm³/mol. The van der Waals surface area contributed by atoms with E-state index >= 15 is 0 Å². The lowest BCUT2D eigenvalue weighted by Crippen LogP contribution is -2.47. The van der Waals surface area contributed by atoms with Crippen LogP contribution in [0.4, 0.5) is 4.79 Å². The van der Waals surface area contributed by atoms with Gasteiger partial charge in [0.15, 0.2) is 0 Å². The Hall–Kier alpha value is -1.11. The van der Waals surface area contributed by atoms with E-state index in [1.165, 1.54) is 57.8 Å². The molecule has 8 unspecified atom stereocenters. The number of ether oxygens (including phenoxy) is 3. The van der Waals surface area contributed by atoms with Crippen molar-refractivity contribution in [1.29, 1.82) is 0 Å². The summed E-state index contributed by atoms with van der Waals surface area (Å²) in [6.07, 6.45) is 16.5. The third kappa shape index (κ3) is 7.80. The van der Waals surface area contributed by atoms with E-state index < -0.39 is 0 Å². The maximum Gasteiger partial charge on any atom is 0.407 e. The van der Waals surface area contributed by atoms with Gasteiger partial charge in [-0.05, 0) is 91.8 Å². The summed E-state index contributed by atoms with van der Waals surface area (Å²) in [5, 5.41) is 2.84. The Balaban J connectivity index is 1.22. The van der Waals surface area contributed by atoms with Crippen LogP contribution >= 0.6 is 0 Å². The zero-order valence-electron chi connectivity index (χ0n) is 25.4. The molecule has 39 heavy (non-hydrogen) atoms. The van der Waals surface area contributed by atoms with Crippen LogP contribution in [0.3, 0.4) is 0 Å². The van der Waals surface area contributed by atoms with Crippen molar-refractivity contribution in [2.45, 2.75) is 104 Å². The summed E-state index contributed by atoms with van der Waals surface area (Å²) in [5.41, 5.74) is 7.52. The first-order valence-electron chi connectivity index (χ1n) is 16.3. The molecule has 0 bridgehead atoms. The van der Waals surface area contributed by atoms with Crippen molar-refractivity contribution < 1.29 is 19.0 Å². The highest BCUT2D eigenvalue weighted by Crippen LogP contribution is 2.64. The van der Waals surface area contributed by atoms with Crippen molar-refractivity contribution in [3.63, 3.8) is 0 Å². The van der Waals surface area contributed by atoms with Crippen LogP contribution in [0.15, 0.2) is 11.6 Å². The van der Waals surface area contributed by atoms with Gasteiger partial charge in [0.25, 0.3) is 0 Å². The summed E-state index contributed by atoms with van der Waals surface area (Å²) in [6.45, 7) is 13.0. The fourth-order valence-electron chi connectivity index (χ4n) is 9.18. The minimum atomic E-state index is -0.316. The molecule has 6 heteroatoms. The molecule has 3 N–H and O–H groups in total. The number of hydrogen-bond donors (Lipinski definition) is 2. The minimum absolute atomic E-state index is 0.00559. The van der Waals surface area contributed by atoms with Gasteiger partial charge in [0.1, 0.15) is 6.10 Å². The molecule has 4 aliphatic carbocycles. The summed E-state index contributed by atoms with van der Waals surface area (Å²) in [5.74, 6) is 5.94. The maximum absolute atomic E-state index is 12.4. The zero-order chi connectivity index (χ0) is 27.8. The molecule has 0 radical (unpaired) electrons. The molecule has 1 amide bonds. The van der Waals surface area contributed by atoms with Crippen LogP contribution < -0.4 is 11.1 Å². The van der Waals surface area contributed by atoms with Gasteiger partial charge in [-0.2, -0.15) is 0 Å². The van der Waals surface area contributed by atoms with Crippen LogP contribution in [0, 0.1) is 46.8 Å². The number of nitrogens with two attached hydrogens (primary N) is 1. The molecular formula is C33H58N2O4. The molecule has 224 valence electrons. The van der Waals surface area contributed by atoms with Gasteiger partial charge in [-0.1, -0.05) is 58.6 Å². The molecule has 0 saturated heterocycles. The average Bonchev–Trinajstić information content (AvgIpc) is 3.27. The molecule has 4 aliphatic rings. The highest BCUT2D eigenvalue weighted by atomic mass is 16.6. The van der Waals surface area contributed by atoms with Crippen molar-refractivity contribution in [2.75, 3.05) is 39.5 Å². The first-order valence-corrected chi connectivity index (χ1v) is 16.3. The average molecular weight is 547 g/mol. The first kappa shape index (κ1) is 30.8. The van der Waals surface area contributed by atoms with E-state index in [0.717, 1.165) is 48.3 Å². The number of nitrogens with one attached hydrogen (secondary N) is 1. The highest BCUT2D eigenvalue weighted by Gasteiger charge is 2.56. The molecule has 8 atom stereocenters. The molecule has 3 fully saturated rings. The summed E-state index contributed by atoms with van der Waals surface area (Å²) >= 11 is 0. The first-order chi connectivity index (χ1) is 18.8. The molecule has 0 aromatic rings. The number of alkyl carbamates (subject to hydrolysis) is 1. The van der Waals surface area contributed by atoms with Gasteiger partial charge in [0, 0.05) is 19.5 Å². The lowest BCUT2D eigenvalue weighted by atomic mass is 9.51. The second-order valence-electron chi connectivity index (χ2n) is 13.8. The van der Waals surface area contributed by atoms with Gasteiger partial charge >= 0.3 is 6.09 Å². The van der Waals surface area contributed by atoms with E-state index in [-0.39, 0.29) is 12.2 Å². The summed E-state index contributed by atoms with van der Waals surface area (Å²) < 4.78 is 16.6. The molecule has 0 aromatic carbocycles. The van der Waals surface area contributed by atoms with E-state index in [4.69, 9.17) is 19.9 Å². The van der Waals surface area contributed by atoms with E-state index in [0.29, 0.717) is 50.8 Å². The number of amides is 1. The van der Waals surface area contributed by atoms with E-state index in [2.05, 4.69) is 39.1 Å². The molecule has 0 aromatic heterocycles. The second kappa shape index (κ2) is 14.7. The van der Waals surface area contributed by atoms with Crippen molar-refractivity contribution >= 4 is 6.09 Å².